The van der Waals surface area contributed by atoms with Gasteiger partial charge in [-0.3, -0.25) is 0 Å². The van der Waals surface area contributed by atoms with Gasteiger partial charge in [-0.2, -0.15) is 0 Å². The minimum Gasteiger partial charge on any atom is -0.550 e. The Kier molecular flexibility index (Phi) is 7.34. The van der Waals surface area contributed by atoms with E-state index < -0.39 is 30.5 Å². The van der Waals surface area contributed by atoms with Crippen LogP contribution in [0.1, 0.15) is 31.4 Å². The molecular formula is C15H20NO6-. The van der Waals surface area contributed by atoms with E-state index in [0.29, 0.717) is 17.9 Å². The molecule has 7 heteroatoms. The normalized spacial score (nSPS) is 13.4. The molecule has 0 aliphatic rings. The molecule has 0 fully saturated rings. The van der Waals surface area contributed by atoms with Crippen molar-refractivity contribution < 1.29 is 35.0 Å². The van der Waals surface area contributed by atoms with Crippen molar-refractivity contribution in [1.29, 1.82) is 0 Å². The number of hydrogen-bond donors (Lipinski definition) is 2. The monoisotopic (exact) mass is 310 g/mol. The third-order valence-electron chi connectivity index (χ3n) is 3.16. The van der Waals surface area contributed by atoms with Gasteiger partial charge < -0.3 is 35.0 Å². The molecular weight excluding hydrogens is 290 g/mol. The van der Waals surface area contributed by atoms with Crippen molar-refractivity contribution in [3.8, 4) is 5.75 Å². The third-order valence-corrected chi connectivity index (χ3v) is 3.16. The first-order chi connectivity index (χ1) is 10.4. The molecule has 0 heterocycles. The number of carbonyl (C=O) groups excluding carboxylic acids is 2. The van der Waals surface area contributed by atoms with E-state index in [4.69, 9.17) is 4.74 Å². The van der Waals surface area contributed by atoms with Crippen molar-refractivity contribution in [2.24, 2.45) is 0 Å². The van der Waals surface area contributed by atoms with Gasteiger partial charge in [-0.15, -0.1) is 0 Å². The topological polar surface area (TPSA) is 126 Å². The van der Waals surface area contributed by atoms with Gasteiger partial charge in [0.2, 0.25) is 0 Å². The molecule has 1 aromatic rings. The van der Waals surface area contributed by atoms with Crippen molar-refractivity contribution in [3.63, 3.8) is 0 Å². The molecule has 122 valence electrons. The van der Waals surface area contributed by atoms with E-state index >= 15 is 0 Å². The maximum Gasteiger partial charge on any atom is 0.131 e. The Balaban J connectivity index is 2.45. The van der Waals surface area contributed by atoms with Crippen LogP contribution >= 0.6 is 0 Å². The van der Waals surface area contributed by atoms with E-state index in [1.807, 2.05) is 6.92 Å². The summed E-state index contributed by atoms with van der Waals surface area (Å²) in [4.78, 5) is 21.2. The van der Waals surface area contributed by atoms with Crippen LogP contribution in [-0.2, 0) is 9.59 Å². The van der Waals surface area contributed by atoms with Crippen molar-refractivity contribution >= 4 is 11.9 Å². The highest BCUT2D eigenvalue weighted by Crippen LogP contribution is 2.19. The lowest BCUT2D eigenvalue weighted by molar-refractivity contribution is -0.684. The molecule has 0 aliphatic heterocycles. The molecule has 0 saturated carbocycles. The highest BCUT2D eigenvalue weighted by Gasteiger charge is 2.15. The number of aliphatic carboxylic acids is 2. The van der Waals surface area contributed by atoms with Crippen LogP contribution in [-0.4, -0.2) is 36.2 Å². The number of carboxylic acid groups (broad SMARTS) is 2. The van der Waals surface area contributed by atoms with E-state index in [0.717, 1.165) is 0 Å². The molecule has 2 atom stereocenters. The summed E-state index contributed by atoms with van der Waals surface area (Å²) in [5, 5.41) is 32.5. The van der Waals surface area contributed by atoms with Crippen LogP contribution < -0.4 is 20.3 Å². The minimum absolute atomic E-state index is 0.250. The van der Waals surface area contributed by atoms with Crippen LogP contribution in [0.4, 0.5) is 0 Å². The van der Waals surface area contributed by atoms with E-state index in [1.54, 1.807) is 24.3 Å². The summed E-state index contributed by atoms with van der Waals surface area (Å²) in [6.45, 7) is 2.68. The Morgan fingerprint density at radius 1 is 1.27 bits per heavy atom. The number of hydrogen-bond acceptors (Lipinski definition) is 6. The second-order valence-electron chi connectivity index (χ2n) is 4.83. The highest BCUT2D eigenvalue weighted by molar-refractivity contribution is 5.76. The minimum atomic E-state index is -1.46. The lowest BCUT2D eigenvalue weighted by Crippen LogP contribution is -2.93. The number of aliphatic hydroxyl groups is 1. The molecule has 1 aromatic carbocycles. The molecule has 0 saturated heterocycles. The number of benzene rings is 1. The molecule has 1 rings (SSSR count). The van der Waals surface area contributed by atoms with Crippen LogP contribution in [0.3, 0.4) is 0 Å². The second-order valence-corrected chi connectivity index (χ2v) is 4.83. The van der Waals surface area contributed by atoms with Crippen molar-refractivity contribution in [2.75, 3.05) is 13.2 Å². The van der Waals surface area contributed by atoms with Crippen molar-refractivity contribution in [1.82, 2.24) is 0 Å². The average Bonchev–Trinajstić information content (AvgIpc) is 2.46. The zero-order chi connectivity index (χ0) is 16.5. The van der Waals surface area contributed by atoms with Gasteiger partial charge in [0.15, 0.2) is 0 Å². The Morgan fingerprint density at radius 2 is 1.91 bits per heavy atom. The predicted molar refractivity (Wildman–Crippen MR) is 72.4 cm³/mol. The van der Waals surface area contributed by atoms with Crippen LogP contribution in [0.25, 0.3) is 0 Å². The van der Waals surface area contributed by atoms with Gasteiger partial charge in [0.05, 0.1) is 25.2 Å². The molecule has 0 unspecified atom stereocenters. The predicted octanol–water partition coefficient (Wildman–Crippen LogP) is -2.67. The van der Waals surface area contributed by atoms with E-state index in [1.165, 1.54) is 5.32 Å². The number of quaternary nitrogens is 1. The standard InChI is InChI=1S/C15H21NO6/c1-2-22-11-5-3-10(4-6-11)13(17)7-8-16-12(15(20)21)9-14(18)19/h3-6,12-13,16-17H,2,7-9H2,1H3,(H,18,19)(H,20,21)/p-1/t12-,13-/m0/s1. The molecule has 7 nitrogen and oxygen atoms in total. The fraction of sp³-hybridized carbons (Fsp3) is 0.467. The van der Waals surface area contributed by atoms with Crippen LogP contribution in [0.5, 0.6) is 5.75 Å². The van der Waals surface area contributed by atoms with E-state index in [2.05, 4.69) is 0 Å². The van der Waals surface area contributed by atoms with Crippen molar-refractivity contribution in [2.45, 2.75) is 31.9 Å². The van der Waals surface area contributed by atoms with Gasteiger partial charge in [-0.05, 0) is 24.6 Å². The first kappa shape index (κ1) is 17.9. The summed E-state index contributed by atoms with van der Waals surface area (Å²) < 4.78 is 5.29. The van der Waals surface area contributed by atoms with Gasteiger partial charge in [-0.1, -0.05) is 12.1 Å². The lowest BCUT2D eigenvalue weighted by atomic mass is 10.1. The number of carbonyl (C=O) groups is 2. The molecule has 22 heavy (non-hydrogen) atoms. The summed E-state index contributed by atoms with van der Waals surface area (Å²) in [6, 6.07) is 5.73. The number of aliphatic hydroxyl groups excluding tert-OH is 1. The number of carboxylic acids is 2. The van der Waals surface area contributed by atoms with E-state index in [-0.39, 0.29) is 13.0 Å². The molecule has 0 amide bonds. The number of nitrogens with two attached hydrogens (primary N) is 1. The molecule has 0 aromatic heterocycles. The van der Waals surface area contributed by atoms with Gasteiger partial charge in [0.1, 0.15) is 11.8 Å². The summed E-state index contributed by atoms with van der Waals surface area (Å²) in [7, 11) is 0. The molecule has 0 bridgehead atoms. The zero-order valence-electron chi connectivity index (χ0n) is 12.4. The summed E-state index contributed by atoms with van der Waals surface area (Å²) >= 11 is 0. The fourth-order valence-electron chi connectivity index (χ4n) is 2.02. The summed E-state index contributed by atoms with van der Waals surface area (Å²) in [5.41, 5.74) is 0.682. The van der Waals surface area contributed by atoms with Gasteiger partial charge >= 0.3 is 0 Å². The fourth-order valence-corrected chi connectivity index (χ4v) is 2.02. The maximum absolute atomic E-state index is 10.8. The van der Waals surface area contributed by atoms with Gasteiger partial charge in [-0.25, -0.2) is 0 Å². The lowest BCUT2D eigenvalue weighted by Gasteiger charge is -2.18. The Labute approximate surface area is 128 Å². The second kappa shape index (κ2) is 9.01. The first-order valence-electron chi connectivity index (χ1n) is 7.08. The van der Waals surface area contributed by atoms with Crippen LogP contribution in [0, 0.1) is 0 Å². The highest BCUT2D eigenvalue weighted by atomic mass is 16.5. The Hall–Kier alpha value is -2.12. The van der Waals surface area contributed by atoms with Crippen LogP contribution in [0.15, 0.2) is 24.3 Å². The maximum atomic E-state index is 10.8. The van der Waals surface area contributed by atoms with Crippen molar-refractivity contribution in [3.05, 3.63) is 29.8 Å². The van der Waals surface area contributed by atoms with Crippen LogP contribution in [0.2, 0.25) is 0 Å². The average molecular weight is 310 g/mol. The zero-order valence-corrected chi connectivity index (χ0v) is 12.4. The largest absolute Gasteiger partial charge is 0.550 e. The first-order valence-corrected chi connectivity index (χ1v) is 7.08. The number of rotatable bonds is 10. The molecule has 0 radical (unpaired) electrons. The molecule has 0 aliphatic carbocycles. The number of ether oxygens (including phenoxy) is 1. The van der Waals surface area contributed by atoms with Gasteiger partial charge in [0.25, 0.3) is 0 Å². The Bertz CT molecular complexity index is 487. The molecule has 3 N–H and O–H groups in total. The molecule has 0 spiro atoms. The third kappa shape index (κ3) is 6.11. The summed E-state index contributed by atoms with van der Waals surface area (Å²) in [5.74, 6) is -2.20. The SMILES string of the molecule is CCOc1ccc([C@@H](O)CC[NH2+][C@@H](CC(=O)[O-])C(=O)[O-])cc1. The quantitative estimate of drug-likeness (QED) is 0.485. The van der Waals surface area contributed by atoms with Gasteiger partial charge in [0, 0.05) is 18.8 Å². The summed E-state index contributed by atoms with van der Waals surface area (Å²) in [6.07, 6.45) is -1.11. The Morgan fingerprint density at radius 3 is 2.41 bits per heavy atom. The van der Waals surface area contributed by atoms with E-state index in [9.17, 15) is 24.9 Å². The smallest absolute Gasteiger partial charge is 0.131 e.